The van der Waals surface area contributed by atoms with Gasteiger partial charge in [-0.3, -0.25) is 4.90 Å². The Kier molecular flexibility index (Phi) is 4.63. The zero-order valence-electron chi connectivity index (χ0n) is 13.1. The van der Waals surface area contributed by atoms with Gasteiger partial charge in [0, 0.05) is 25.7 Å². The monoisotopic (exact) mass is 288 g/mol. The number of likely N-dealkylation sites (tertiary alicyclic amines) is 1. The van der Waals surface area contributed by atoms with Gasteiger partial charge >= 0.3 is 0 Å². The van der Waals surface area contributed by atoms with Crippen LogP contribution in [0, 0.1) is 0 Å². The first-order valence-electron chi connectivity index (χ1n) is 8.30. The lowest BCUT2D eigenvalue weighted by Gasteiger charge is -2.46. The Balaban J connectivity index is 1.67. The maximum absolute atomic E-state index is 6.21. The lowest BCUT2D eigenvalue weighted by Crippen LogP contribution is -2.55. The summed E-state index contributed by atoms with van der Waals surface area (Å²) in [7, 11) is 1.83. The zero-order valence-corrected chi connectivity index (χ0v) is 13.1. The van der Waals surface area contributed by atoms with E-state index in [0.717, 1.165) is 19.4 Å². The van der Waals surface area contributed by atoms with Crippen LogP contribution in [0.15, 0.2) is 30.3 Å². The molecule has 1 atom stereocenters. The van der Waals surface area contributed by atoms with Crippen LogP contribution in [0.1, 0.15) is 43.6 Å². The van der Waals surface area contributed by atoms with Gasteiger partial charge < -0.3 is 10.5 Å². The molecule has 2 fully saturated rings. The molecule has 1 aliphatic carbocycles. The summed E-state index contributed by atoms with van der Waals surface area (Å²) >= 11 is 0. The van der Waals surface area contributed by atoms with Crippen LogP contribution in [-0.4, -0.2) is 43.3 Å². The van der Waals surface area contributed by atoms with Gasteiger partial charge in [0.05, 0.1) is 6.10 Å². The molecule has 116 valence electrons. The third-order valence-electron chi connectivity index (χ3n) is 5.71. The molecular formula is C18H28N2O. The maximum atomic E-state index is 6.21. The molecule has 1 saturated heterocycles. The number of nitrogens with two attached hydrogens (primary N) is 1. The Hall–Kier alpha value is -0.900. The second kappa shape index (κ2) is 6.47. The van der Waals surface area contributed by atoms with Crippen LogP contribution < -0.4 is 5.73 Å². The highest BCUT2D eigenvalue weighted by atomic mass is 16.5. The van der Waals surface area contributed by atoms with Crippen LogP contribution >= 0.6 is 0 Å². The van der Waals surface area contributed by atoms with Crippen molar-refractivity contribution < 1.29 is 4.74 Å². The first kappa shape index (κ1) is 15.0. The predicted octanol–water partition coefficient (Wildman–Crippen LogP) is 2.76. The highest BCUT2D eigenvalue weighted by Crippen LogP contribution is 2.39. The molecule has 21 heavy (non-hydrogen) atoms. The van der Waals surface area contributed by atoms with E-state index in [2.05, 4.69) is 35.2 Å². The summed E-state index contributed by atoms with van der Waals surface area (Å²) < 4.78 is 5.52. The number of methoxy groups -OCH3 is 1. The quantitative estimate of drug-likeness (QED) is 0.926. The maximum Gasteiger partial charge on any atom is 0.0572 e. The number of rotatable bonds is 4. The smallest absolute Gasteiger partial charge is 0.0572 e. The summed E-state index contributed by atoms with van der Waals surface area (Å²) in [5, 5.41) is 0. The molecule has 1 unspecified atom stereocenters. The molecule has 3 rings (SSSR count). The zero-order chi connectivity index (χ0) is 14.7. The molecule has 1 aromatic rings. The lowest BCUT2D eigenvalue weighted by molar-refractivity contribution is 0.00197. The standard InChI is InChI=1S/C18H28N2O/c1-21-17-7-10-18(14-19,11-8-17)20-12-9-16(13-20)15-5-3-2-4-6-15/h2-6,16-17H,7-14,19H2,1H3. The predicted molar refractivity (Wildman–Crippen MR) is 86.4 cm³/mol. The molecule has 2 aliphatic rings. The summed E-state index contributed by atoms with van der Waals surface area (Å²) in [6.07, 6.45) is 6.38. The lowest BCUT2D eigenvalue weighted by atomic mass is 9.79. The average molecular weight is 288 g/mol. The van der Waals surface area contributed by atoms with Crippen molar-refractivity contribution in [2.75, 3.05) is 26.7 Å². The minimum absolute atomic E-state index is 0.221. The normalized spacial score (nSPS) is 34.2. The van der Waals surface area contributed by atoms with E-state index in [1.165, 1.54) is 37.9 Å². The van der Waals surface area contributed by atoms with Crippen molar-refractivity contribution in [1.82, 2.24) is 4.90 Å². The van der Waals surface area contributed by atoms with E-state index in [4.69, 9.17) is 10.5 Å². The highest BCUT2D eigenvalue weighted by Gasteiger charge is 2.42. The van der Waals surface area contributed by atoms with Crippen LogP contribution in [0.4, 0.5) is 0 Å². The molecule has 2 N–H and O–H groups in total. The third kappa shape index (κ3) is 3.01. The first-order valence-corrected chi connectivity index (χ1v) is 8.30. The van der Waals surface area contributed by atoms with Gasteiger partial charge in [0.2, 0.25) is 0 Å². The second-order valence-corrected chi connectivity index (χ2v) is 6.71. The van der Waals surface area contributed by atoms with E-state index in [1.807, 2.05) is 7.11 Å². The van der Waals surface area contributed by atoms with Crippen LogP contribution in [0.2, 0.25) is 0 Å². The molecule has 0 spiro atoms. The fourth-order valence-electron chi connectivity index (χ4n) is 4.20. The number of ether oxygens (including phenoxy) is 1. The number of benzene rings is 1. The molecule has 3 nitrogen and oxygen atoms in total. The van der Waals surface area contributed by atoms with Gasteiger partial charge in [-0.05, 0) is 50.1 Å². The molecule has 1 saturated carbocycles. The van der Waals surface area contributed by atoms with Gasteiger partial charge in [0.15, 0.2) is 0 Å². The Bertz CT molecular complexity index is 440. The molecule has 1 aliphatic heterocycles. The number of hydrogen-bond acceptors (Lipinski definition) is 3. The first-order chi connectivity index (χ1) is 10.3. The van der Waals surface area contributed by atoms with Gasteiger partial charge in [0.25, 0.3) is 0 Å². The second-order valence-electron chi connectivity index (χ2n) is 6.71. The Morgan fingerprint density at radius 1 is 1.19 bits per heavy atom. The summed E-state index contributed by atoms with van der Waals surface area (Å²) in [5.41, 5.74) is 7.91. The molecule has 0 aromatic heterocycles. The van der Waals surface area contributed by atoms with Crippen LogP contribution in [0.3, 0.4) is 0 Å². The minimum atomic E-state index is 0.221. The van der Waals surface area contributed by atoms with Crippen LogP contribution in [-0.2, 0) is 4.74 Å². The molecule has 3 heteroatoms. The Labute approximate surface area is 128 Å². The van der Waals surface area contributed by atoms with E-state index in [0.29, 0.717) is 12.0 Å². The largest absolute Gasteiger partial charge is 0.381 e. The molecule has 1 aromatic carbocycles. The minimum Gasteiger partial charge on any atom is -0.381 e. The number of hydrogen-bond donors (Lipinski definition) is 1. The molecule has 0 radical (unpaired) electrons. The van der Waals surface area contributed by atoms with Crippen molar-refractivity contribution in [3.63, 3.8) is 0 Å². The van der Waals surface area contributed by atoms with Crippen LogP contribution in [0.5, 0.6) is 0 Å². The topological polar surface area (TPSA) is 38.5 Å². The summed E-state index contributed by atoms with van der Waals surface area (Å²) in [6.45, 7) is 3.14. The fraction of sp³-hybridized carbons (Fsp3) is 0.667. The molecule has 1 heterocycles. The van der Waals surface area contributed by atoms with E-state index in [-0.39, 0.29) is 5.54 Å². The highest BCUT2D eigenvalue weighted by molar-refractivity contribution is 5.21. The average Bonchev–Trinajstić information content (AvgIpc) is 3.06. The molecular weight excluding hydrogens is 260 g/mol. The number of nitrogens with zero attached hydrogens (tertiary/aromatic N) is 1. The van der Waals surface area contributed by atoms with E-state index < -0.39 is 0 Å². The van der Waals surface area contributed by atoms with Gasteiger partial charge in [-0.25, -0.2) is 0 Å². The van der Waals surface area contributed by atoms with Crippen molar-refractivity contribution in [2.45, 2.75) is 49.7 Å². The van der Waals surface area contributed by atoms with Crippen LogP contribution in [0.25, 0.3) is 0 Å². The SMILES string of the molecule is COC1CCC(CN)(N2CCC(c3ccccc3)C2)CC1. The van der Waals surface area contributed by atoms with Crippen molar-refractivity contribution in [3.05, 3.63) is 35.9 Å². The van der Waals surface area contributed by atoms with E-state index in [1.54, 1.807) is 0 Å². The van der Waals surface area contributed by atoms with Gasteiger partial charge in [0.1, 0.15) is 0 Å². The van der Waals surface area contributed by atoms with Gasteiger partial charge in [-0.1, -0.05) is 30.3 Å². The van der Waals surface area contributed by atoms with Crippen molar-refractivity contribution in [1.29, 1.82) is 0 Å². The molecule has 0 amide bonds. The van der Waals surface area contributed by atoms with Crippen molar-refractivity contribution in [2.24, 2.45) is 5.73 Å². The summed E-state index contributed by atoms with van der Waals surface area (Å²) in [6, 6.07) is 10.9. The molecule has 0 bridgehead atoms. The van der Waals surface area contributed by atoms with Gasteiger partial charge in [-0.2, -0.15) is 0 Å². The van der Waals surface area contributed by atoms with E-state index >= 15 is 0 Å². The Morgan fingerprint density at radius 3 is 2.52 bits per heavy atom. The third-order valence-corrected chi connectivity index (χ3v) is 5.71. The van der Waals surface area contributed by atoms with Crippen molar-refractivity contribution >= 4 is 0 Å². The van der Waals surface area contributed by atoms with Gasteiger partial charge in [-0.15, -0.1) is 0 Å². The Morgan fingerprint density at radius 2 is 1.90 bits per heavy atom. The van der Waals surface area contributed by atoms with Crippen molar-refractivity contribution in [3.8, 4) is 0 Å². The van der Waals surface area contributed by atoms with E-state index in [9.17, 15) is 0 Å². The summed E-state index contributed by atoms with van der Waals surface area (Å²) in [5.74, 6) is 0.676. The summed E-state index contributed by atoms with van der Waals surface area (Å²) in [4.78, 5) is 2.68. The fourth-order valence-corrected chi connectivity index (χ4v) is 4.20.